The highest BCUT2D eigenvalue weighted by Crippen LogP contribution is 2.36. The predicted octanol–water partition coefficient (Wildman–Crippen LogP) is 3.03. The van der Waals surface area contributed by atoms with Gasteiger partial charge in [-0.3, -0.25) is 9.69 Å². The molecule has 2 unspecified atom stereocenters. The molecule has 0 N–H and O–H groups in total. The lowest BCUT2D eigenvalue weighted by atomic mass is 9.73. The van der Waals surface area contributed by atoms with Gasteiger partial charge in [0, 0.05) is 0 Å². The van der Waals surface area contributed by atoms with Crippen LogP contribution in [0, 0.1) is 5.92 Å². The molecule has 0 spiro atoms. The van der Waals surface area contributed by atoms with Gasteiger partial charge in [-0.15, -0.1) is 0 Å². The molecule has 0 radical (unpaired) electrons. The lowest BCUT2D eigenvalue weighted by Gasteiger charge is -2.43. The summed E-state index contributed by atoms with van der Waals surface area (Å²) in [7, 11) is 4.07. The monoisotopic (exact) mass is 223 g/mol. The molecule has 0 heterocycles. The van der Waals surface area contributed by atoms with Crippen LogP contribution in [0.3, 0.4) is 0 Å². The number of carbonyl (C=O) groups is 1. The minimum Gasteiger partial charge on any atom is -0.297 e. The second-order valence-corrected chi connectivity index (χ2v) is 5.71. The summed E-state index contributed by atoms with van der Waals surface area (Å²) in [5.41, 5.74) is 0.860. The SMILES string of the molecule is CC(C)=CC(=O)C1(N(C)C)CCCC(C)C1. The zero-order chi connectivity index (χ0) is 12.3. The number of nitrogens with zero attached hydrogens (tertiary/aromatic N) is 1. The normalized spacial score (nSPS) is 30.2. The Labute approximate surface area is 99.7 Å². The van der Waals surface area contributed by atoms with Crippen molar-refractivity contribution in [2.24, 2.45) is 5.92 Å². The summed E-state index contributed by atoms with van der Waals surface area (Å²) >= 11 is 0. The Hall–Kier alpha value is -0.630. The number of allylic oxidation sites excluding steroid dienone is 1. The topological polar surface area (TPSA) is 20.3 Å². The molecule has 0 aliphatic heterocycles. The zero-order valence-electron chi connectivity index (χ0n) is 11.3. The maximum atomic E-state index is 12.4. The second-order valence-electron chi connectivity index (χ2n) is 5.71. The molecule has 0 amide bonds. The van der Waals surface area contributed by atoms with Crippen LogP contribution in [0.4, 0.5) is 0 Å². The molecule has 0 bridgehead atoms. The van der Waals surface area contributed by atoms with Gasteiger partial charge in [0.15, 0.2) is 5.78 Å². The molecule has 2 heteroatoms. The van der Waals surface area contributed by atoms with E-state index in [0.29, 0.717) is 11.7 Å². The van der Waals surface area contributed by atoms with E-state index >= 15 is 0 Å². The smallest absolute Gasteiger partial charge is 0.175 e. The van der Waals surface area contributed by atoms with Crippen LogP contribution in [0.2, 0.25) is 0 Å². The average Bonchev–Trinajstić information content (AvgIpc) is 2.16. The van der Waals surface area contributed by atoms with E-state index in [-0.39, 0.29) is 5.54 Å². The van der Waals surface area contributed by atoms with Gasteiger partial charge in [0.05, 0.1) is 5.54 Å². The summed E-state index contributed by atoms with van der Waals surface area (Å²) in [4.78, 5) is 14.5. The van der Waals surface area contributed by atoms with Gasteiger partial charge in [0.1, 0.15) is 0 Å². The third kappa shape index (κ3) is 2.73. The van der Waals surface area contributed by atoms with Crippen molar-refractivity contribution < 1.29 is 4.79 Å². The van der Waals surface area contributed by atoms with Crippen molar-refractivity contribution in [1.29, 1.82) is 0 Å². The Kier molecular flexibility index (Phi) is 4.31. The third-order valence-corrected chi connectivity index (χ3v) is 3.71. The van der Waals surface area contributed by atoms with Gasteiger partial charge in [-0.1, -0.05) is 25.3 Å². The van der Waals surface area contributed by atoms with Gasteiger partial charge < -0.3 is 0 Å². The van der Waals surface area contributed by atoms with E-state index < -0.39 is 0 Å². The van der Waals surface area contributed by atoms with E-state index in [0.717, 1.165) is 18.4 Å². The molecule has 0 saturated heterocycles. The van der Waals surface area contributed by atoms with Crippen molar-refractivity contribution in [2.45, 2.75) is 52.0 Å². The van der Waals surface area contributed by atoms with Gasteiger partial charge in [-0.2, -0.15) is 0 Å². The molecule has 1 saturated carbocycles. The fraction of sp³-hybridized carbons (Fsp3) is 0.786. The van der Waals surface area contributed by atoms with Crippen LogP contribution < -0.4 is 0 Å². The first-order valence-corrected chi connectivity index (χ1v) is 6.25. The molecule has 1 aliphatic rings. The van der Waals surface area contributed by atoms with Crippen molar-refractivity contribution in [3.05, 3.63) is 11.6 Å². The van der Waals surface area contributed by atoms with Crippen LogP contribution in [0.25, 0.3) is 0 Å². The van der Waals surface area contributed by atoms with Crippen molar-refractivity contribution in [3.63, 3.8) is 0 Å². The van der Waals surface area contributed by atoms with E-state index in [1.807, 2.05) is 34.0 Å². The zero-order valence-corrected chi connectivity index (χ0v) is 11.3. The predicted molar refractivity (Wildman–Crippen MR) is 68.5 cm³/mol. The fourth-order valence-electron chi connectivity index (χ4n) is 2.77. The molecule has 0 aromatic carbocycles. The summed E-state index contributed by atoms with van der Waals surface area (Å²) in [6, 6.07) is 0. The summed E-state index contributed by atoms with van der Waals surface area (Å²) in [6.45, 7) is 6.24. The van der Waals surface area contributed by atoms with E-state index in [4.69, 9.17) is 0 Å². The summed E-state index contributed by atoms with van der Waals surface area (Å²) in [6.07, 6.45) is 6.26. The average molecular weight is 223 g/mol. The summed E-state index contributed by atoms with van der Waals surface area (Å²) in [5.74, 6) is 0.953. The highest BCUT2D eigenvalue weighted by molar-refractivity contribution is 5.98. The van der Waals surface area contributed by atoms with Gasteiger partial charge in [-0.05, 0) is 52.8 Å². The van der Waals surface area contributed by atoms with Crippen molar-refractivity contribution in [2.75, 3.05) is 14.1 Å². The van der Waals surface area contributed by atoms with E-state index in [1.54, 1.807) is 0 Å². The molecule has 2 nitrogen and oxygen atoms in total. The Morgan fingerprint density at radius 3 is 2.44 bits per heavy atom. The van der Waals surface area contributed by atoms with Crippen LogP contribution in [-0.2, 0) is 4.79 Å². The first kappa shape index (κ1) is 13.4. The molecular formula is C14H25NO. The fourth-order valence-corrected chi connectivity index (χ4v) is 2.77. The van der Waals surface area contributed by atoms with E-state index in [9.17, 15) is 4.79 Å². The molecule has 92 valence electrons. The van der Waals surface area contributed by atoms with Gasteiger partial charge in [0.25, 0.3) is 0 Å². The van der Waals surface area contributed by atoms with Gasteiger partial charge >= 0.3 is 0 Å². The van der Waals surface area contributed by atoms with Crippen molar-refractivity contribution in [1.82, 2.24) is 4.90 Å². The minimum atomic E-state index is -0.241. The first-order valence-electron chi connectivity index (χ1n) is 6.25. The summed E-state index contributed by atoms with van der Waals surface area (Å²) < 4.78 is 0. The lowest BCUT2D eigenvalue weighted by molar-refractivity contribution is -0.127. The van der Waals surface area contributed by atoms with Crippen LogP contribution in [0.1, 0.15) is 46.5 Å². The highest BCUT2D eigenvalue weighted by atomic mass is 16.1. The number of rotatable bonds is 3. The van der Waals surface area contributed by atoms with Crippen molar-refractivity contribution in [3.8, 4) is 0 Å². The Balaban J connectivity index is 2.96. The van der Waals surface area contributed by atoms with Crippen LogP contribution in [-0.4, -0.2) is 30.3 Å². The summed E-state index contributed by atoms with van der Waals surface area (Å²) in [5, 5.41) is 0. The Bertz CT molecular complexity index is 289. The largest absolute Gasteiger partial charge is 0.297 e. The molecule has 0 aromatic heterocycles. The number of likely N-dealkylation sites (N-methyl/N-ethyl adjacent to an activating group) is 1. The Morgan fingerprint density at radius 1 is 1.38 bits per heavy atom. The highest BCUT2D eigenvalue weighted by Gasteiger charge is 2.42. The molecule has 1 aliphatic carbocycles. The van der Waals surface area contributed by atoms with Crippen LogP contribution >= 0.6 is 0 Å². The molecule has 0 aromatic rings. The quantitative estimate of drug-likeness (QED) is 0.685. The standard InChI is InChI=1S/C14H25NO/c1-11(2)9-13(16)14(15(4)5)8-6-7-12(3)10-14/h9,12H,6-8,10H2,1-5H3. The van der Waals surface area contributed by atoms with Crippen molar-refractivity contribution >= 4 is 5.78 Å². The van der Waals surface area contributed by atoms with E-state index in [1.165, 1.54) is 12.8 Å². The third-order valence-electron chi connectivity index (χ3n) is 3.71. The molecule has 2 atom stereocenters. The molecular weight excluding hydrogens is 198 g/mol. The molecule has 1 fully saturated rings. The number of hydrogen-bond donors (Lipinski definition) is 0. The maximum absolute atomic E-state index is 12.4. The minimum absolute atomic E-state index is 0.241. The first-order chi connectivity index (χ1) is 7.38. The number of ketones is 1. The second kappa shape index (κ2) is 5.13. The van der Waals surface area contributed by atoms with E-state index in [2.05, 4.69) is 11.8 Å². The van der Waals surface area contributed by atoms with Crippen LogP contribution in [0.15, 0.2) is 11.6 Å². The lowest BCUT2D eigenvalue weighted by Crippen LogP contribution is -2.53. The molecule has 1 rings (SSSR count). The number of hydrogen-bond acceptors (Lipinski definition) is 2. The maximum Gasteiger partial charge on any atom is 0.175 e. The van der Waals surface area contributed by atoms with Gasteiger partial charge in [0.2, 0.25) is 0 Å². The van der Waals surface area contributed by atoms with Gasteiger partial charge in [-0.25, -0.2) is 0 Å². The number of carbonyl (C=O) groups excluding carboxylic acids is 1. The molecule has 16 heavy (non-hydrogen) atoms. The Morgan fingerprint density at radius 2 is 2.00 bits per heavy atom. The van der Waals surface area contributed by atoms with Crippen LogP contribution in [0.5, 0.6) is 0 Å².